The fraction of sp³-hybridized carbons (Fsp3) is 1.00. The van der Waals surface area contributed by atoms with Gasteiger partial charge in [0.25, 0.3) is 0 Å². The second kappa shape index (κ2) is 4.32. The first-order valence-corrected chi connectivity index (χ1v) is 9.14. The monoisotopic (exact) mass is 303 g/mol. The molecular formula is C7H15NO6P2S. The van der Waals surface area contributed by atoms with E-state index in [0.717, 1.165) is 32.1 Å². The van der Waals surface area contributed by atoms with Crippen LogP contribution in [0.4, 0.5) is 0 Å². The van der Waals surface area contributed by atoms with Gasteiger partial charge in [0.05, 0.1) is 0 Å². The Bertz CT molecular complexity index is 375. The van der Waals surface area contributed by atoms with Gasteiger partial charge in [0.15, 0.2) is 0 Å². The van der Waals surface area contributed by atoms with Gasteiger partial charge in [-0.3, -0.25) is 0 Å². The summed E-state index contributed by atoms with van der Waals surface area (Å²) in [6.45, 7) is 0. The van der Waals surface area contributed by atoms with Gasteiger partial charge in [0.1, 0.15) is 0 Å². The molecule has 7 nitrogen and oxygen atoms in total. The van der Waals surface area contributed by atoms with E-state index in [0.29, 0.717) is 17.9 Å². The Morgan fingerprint density at radius 1 is 1.06 bits per heavy atom. The molecule has 0 aliphatic heterocycles. The average molecular weight is 303 g/mol. The van der Waals surface area contributed by atoms with E-state index < -0.39 is 20.2 Å². The molecule has 17 heavy (non-hydrogen) atoms. The normalized spacial score (nSPS) is 33.6. The number of hydrogen-bond donors (Lipinski definition) is 4. The lowest BCUT2D eigenvalue weighted by Crippen LogP contribution is -2.24. The summed E-state index contributed by atoms with van der Waals surface area (Å²) in [4.78, 5) is 36.1. The number of nitrogens with zero attached hydrogens (tertiary/aromatic N) is 1. The van der Waals surface area contributed by atoms with Crippen LogP contribution in [0.3, 0.4) is 0 Å². The maximum atomic E-state index is 11.1. The maximum absolute atomic E-state index is 11.1. The summed E-state index contributed by atoms with van der Waals surface area (Å²) in [5.41, 5.74) is 0. The van der Waals surface area contributed by atoms with Crippen molar-refractivity contribution in [1.29, 1.82) is 0 Å². The van der Waals surface area contributed by atoms with Crippen molar-refractivity contribution in [3.05, 3.63) is 0 Å². The van der Waals surface area contributed by atoms with Crippen molar-refractivity contribution in [2.45, 2.75) is 36.9 Å². The molecule has 10 heteroatoms. The van der Waals surface area contributed by atoms with Crippen molar-refractivity contribution >= 4 is 27.4 Å². The van der Waals surface area contributed by atoms with Crippen molar-refractivity contribution in [1.82, 2.24) is 3.85 Å². The molecule has 0 amide bonds. The molecular weight excluding hydrogens is 288 g/mol. The topological polar surface area (TPSA) is 118 Å². The van der Waals surface area contributed by atoms with E-state index in [4.69, 9.17) is 19.6 Å². The van der Waals surface area contributed by atoms with Gasteiger partial charge in [0, 0.05) is 4.75 Å². The molecule has 0 unspecified atom stereocenters. The third kappa shape index (κ3) is 2.96. The van der Waals surface area contributed by atoms with Crippen LogP contribution >= 0.6 is 27.4 Å². The summed E-state index contributed by atoms with van der Waals surface area (Å²) in [5.74, 6) is 0.540. The van der Waals surface area contributed by atoms with Crippen LogP contribution in [0.2, 0.25) is 0 Å². The van der Waals surface area contributed by atoms with Gasteiger partial charge in [-0.1, -0.05) is 15.8 Å². The summed E-state index contributed by atoms with van der Waals surface area (Å²) in [6, 6.07) is 0. The van der Waals surface area contributed by atoms with Crippen LogP contribution in [0.15, 0.2) is 0 Å². The molecule has 2 saturated carbocycles. The minimum Gasteiger partial charge on any atom is -0.312 e. The fourth-order valence-corrected chi connectivity index (χ4v) is 6.88. The minimum absolute atomic E-state index is 0.00625. The van der Waals surface area contributed by atoms with Gasteiger partial charge in [-0.25, -0.2) is 9.13 Å². The Hall–Kier alpha value is 0.610. The highest BCUT2D eigenvalue weighted by Crippen LogP contribution is 2.68. The van der Waals surface area contributed by atoms with Crippen molar-refractivity contribution in [3.8, 4) is 0 Å². The first-order chi connectivity index (χ1) is 7.62. The lowest BCUT2D eigenvalue weighted by molar-refractivity contribution is 0.309. The van der Waals surface area contributed by atoms with Crippen molar-refractivity contribution in [3.63, 3.8) is 0 Å². The Morgan fingerprint density at radius 3 is 1.82 bits per heavy atom. The third-order valence-corrected chi connectivity index (χ3v) is 8.58. The van der Waals surface area contributed by atoms with Crippen molar-refractivity contribution in [2.24, 2.45) is 5.92 Å². The molecule has 0 aromatic rings. The van der Waals surface area contributed by atoms with Crippen LogP contribution in [-0.4, -0.2) is 28.2 Å². The van der Waals surface area contributed by atoms with Crippen molar-refractivity contribution < 1.29 is 28.7 Å². The Kier molecular flexibility index (Phi) is 3.56. The second-order valence-corrected chi connectivity index (χ2v) is 9.82. The Morgan fingerprint density at radius 2 is 1.53 bits per heavy atom. The summed E-state index contributed by atoms with van der Waals surface area (Å²) in [6.07, 6.45) is 4.26. The van der Waals surface area contributed by atoms with Gasteiger partial charge < -0.3 is 19.6 Å². The van der Waals surface area contributed by atoms with Crippen LogP contribution in [0, 0.1) is 5.92 Å². The predicted molar refractivity (Wildman–Crippen MR) is 62.8 cm³/mol. The first kappa shape index (κ1) is 14.0. The molecule has 0 aromatic carbocycles. The van der Waals surface area contributed by atoms with E-state index in [1.54, 1.807) is 0 Å². The van der Waals surface area contributed by atoms with E-state index in [9.17, 15) is 9.13 Å². The molecule has 4 N–H and O–H groups in total. The van der Waals surface area contributed by atoms with E-state index in [1.165, 1.54) is 0 Å². The maximum Gasteiger partial charge on any atom is 0.422 e. The highest BCUT2D eigenvalue weighted by Gasteiger charge is 2.52. The zero-order valence-corrected chi connectivity index (χ0v) is 11.6. The molecule has 2 fully saturated rings. The number of fused-ring (bicyclic) bond motifs is 2. The highest BCUT2D eigenvalue weighted by atomic mass is 32.2. The quantitative estimate of drug-likeness (QED) is 0.455. The van der Waals surface area contributed by atoms with E-state index in [-0.39, 0.29) is 3.85 Å². The van der Waals surface area contributed by atoms with Crippen LogP contribution < -0.4 is 0 Å². The Labute approximate surface area is 103 Å². The van der Waals surface area contributed by atoms with Gasteiger partial charge in [-0.2, -0.15) is 0 Å². The number of hydrogen-bond acceptors (Lipinski definition) is 3. The lowest BCUT2D eigenvalue weighted by atomic mass is 10.0. The molecule has 2 rings (SSSR count). The molecule has 0 aromatic heterocycles. The largest absolute Gasteiger partial charge is 0.422 e. The highest BCUT2D eigenvalue weighted by molar-refractivity contribution is 8.07. The smallest absolute Gasteiger partial charge is 0.312 e. The molecule has 0 heterocycles. The fourth-order valence-electron chi connectivity index (χ4n) is 2.70. The zero-order valence-electron chi connectivity index (χ0n) is 8.97. The molecule has 0 radical (unpaired) electrons. The molecule has 0 spiro atoms. The minimum atomic E-state index is -4.95. The van der Waals surface area contributed by atoms with E-state index in [2.05, 4.69) is 0 Å². The summed E-state index contributed by atoms with van der Waals surface area (Å²) >= 11 is 0.662. The van der Waals surface area contributed by atoms with Gasteiger partial charge in [-0.05, 0) is 38.0 Å². The molecule has 100 valence electrons. The summed E-state index contributed by atoms with van der Waals surface area (Å²) in [7, 11) is -9.91. The van der Waals surface area contributed by atoms with Crippen LogP contribution in [0.25, 0.3) is 0 Å². The Balaban J connectivity index is 2.19. The van der Waals surface area contributed by atoms with Crippen LogP contribution in [0.1, 0.15) is 32.1 Å². The summed E-state index contributed by atoms with van der Waals surface area (Å²) < 4.78 is 21.9. The van der Waals surface area contributed by atoms with Crippen LogP contribution in [-0.2, 0) is 9.13 Å². The molecule has 2 aliphatic carbocycles. The predicted octanol–water partition coefficient (Wildman–Crippen LogP) is 1.45. The third-order valence-electron chi connectivity index (χ3n) is 3.40. The standard InChI is InChI=1S/C7H15NO6P2S/c9-15(10,11)8(16(12,13)14)17-7-3-1-6(5-7)2-4-7/h6H,1-5H2,(H2,9,10,11)(H2,12,13,14). The van der Waals surface area contributed by atoms with Crippen LogP contribution in [0.5, 0.6) is 0 Å². The number of rotatable bonds is 4. The molecule has 0 saturated heterocycles. The van der Waals surface area contributed by atoms with Crippen molar-refractivity contribution in [2.75, 3.05) is 0 Å². The first-order valence-electron chi connectivity index (χ1n) is 5.24. The van der Waals surface area contributed by atoms with Gasteiger partial charge in [-0.15, -0.1) is 0 Å². The molecule has 0 atom stereocenters. The van der Waals surface area contributed by atoms with Gasteiger partial charge in [0.2, 0.25) is 0 Å². The van der Waals surface area contributed by atoms with E-state index in [1.807, 2.05) is 0 Å². The zero-order chi connectivity index (χ0) is 12.9. The second-order valence-electron chi connectivity index (χ2n) is 4.70. The summed E-state index contributed by atoms with van der Waals surface area (Å²) in [5, 5.41) is 0. The molecule has 2 aliphatic rings. The SMILES string of the molecule is O=P(O)(O)N(SC12CCC(CC1)C2)P(=O)(O)O. The average Bonchev–Trinajstić information content (AvgIpc) is 2.70. The molecule has 2 bridgehead atoms. The van der Waals surface area contributed by atoms with E-state index >= 15 is 0 Å². The lowest BCUT2D eigenvalue weighted by Gasteiger charge is -2.32. The van der Waals surface area contributed by atoms with Gasteiger partial charge >= 0.3 is 15.5 Å².